The molecule has 2 aromatic carbocycles. The average Bonchev–Trinajstić information content (AvgIpc) is 3.88. The van der Waals surface area contributed by atoms with Crippen LogP contribution in [0.3, 0.4) is 0 Å². The minimum absolute atomic E-state index is 0. The second-order valence-corrected chi connectivity index (χ2v) is 15.3. The molecule has 0 N–H and O–H groups in total. The van der Waals surface area contributed by atoms with Crippen molar-refractivity contribution in [1.82, 2.24) is 0 Å². The smallest absolute Gasteiger partial charge is 0.265 e. The topological polar surface area (TPSA) is 99.3 Å². The van der Waals surface area contributed by atoms with Crippen LogP contribution in [-0.2, 0) is 66.2 Å². The molecule has 2 radical (unpaired) electrons. The molecule has 2 aromatic rings. The predicted octanol–water partition coefficient (Wildman–Crippen LogP) is 12.5. The molecule has 0 heterocycles. The molecule has 0 fully saturated rings. The molecule has 4 aliphatic carbocycles. The number of fused-ring (bicyclic) bond motifs is 4. The summed E-state index contributed by atoms with van der Waals surface area (Å²) in [4.78, 5) is 0. The molecule has 0 spiro atoms. The van der Waals surface area contributed by atoms with Crippen molar-refractivity contribution in [3.05, 3.63) is 117 Å². The van der Waals surface area contributed by atoms with E-state index in [4.69, 9.17) is 18.1 Å². The number of aryl methyl sites for hydroxylation is 4. The van der Waals surface area contributed by atoms with Gasteiger partial charge in [0.05, 0.1) is 26.4 Å². The van der Waals surface area contributed by atoms with Crippen molar-refractivity contribution >= 4 is 26.9 Å². The van der Waals surface area contributed by atoms with Crippen LogP contribution in [0.5, 0.6) is 0 Å². The van der Waals surface area contributed by atoms with E-state index in [2.05, 4.69) is 58.8 Å². The van der Waals surface area contributed by atoms with Gasteiger partial charge >= 0.3 is 0 Å². The Balaban J connectivity index is 0.000000351. The fourth-order valence-corrected chi connectivity index (χ4v) is 8.48. The molecule has 4 aliphatic rings. The third-order valence-corrected chi connectivity index (χ3v) is 11.2. The average molecular weight is 903 g/mol. The molecule has 4 bridgehead atoms. The number of nitrogens with zero attached hydrogens (tertiary/aromatic N) is 2. The summed E-state index contributed by atoms with van der Waals surface area (Å²) >= 11 is 0. The Morgan fingerprint density at radius 3 is 0.880 bits per heavy atom. The van der Waals surface area contributed by atoms with E-state index in [-0.39, 0.29) is 39.0 Å². The molecule has 12 heteroatoms. The van der Waals surface area contributed by atoms with Gasteiger partial charge in [-0.25, -0.2) is 0 Å². The third-order valence-electron chi connectivity index (χ3n) is 8.00. The van der Waals surface area contributed by atoms with Gasteiger partial charge in [-0.3, -0.25) is 9.13 Å². The molecule has 0 saturated heterocycles. The SMILES string of the molecule is C1=CC2C=CC1C2.C1=CC2C=CC1C2.CCOP(=O)([N-]c1c(C)cccc1C)OCC.CCOP(=O)([N-]c1c(C)cccc1C)OCC.[Rh].[Rh]. The summed E-state index contributed by atoms with van der Waals surface area (Å²) < 4.78 is 45.2. The van der Waals surface area contributed by atoms with Gasteiger partial charge in [0, 0.05) is 39.0 Å². The molecule has 0 aromatic heterocycles. The zero-order valence-corrected chi connectivity index (χ0v) is 35.6. The van der Waals surface area contributed by atoms with E-state index in [1.165, 1.54) is 12.8 Å². The molecule has 282 valence electrons. The van der Waals surface area contributed by atoms with Crippen LogP contribution in [0.2, 0.25) is 0 Å². The molecule has 8 nitrogen and oxygen atoms in total. The fourth-order valence-electron chi connectivity index (χ4n) is 5.67. The first-order valence-corrected chi connectivity index (χ1v) is 20.0. The van der Waals surface area contributed by atoms with Crippen molar-refractivity contribution in [2.45, 2.75) is 68.2 Å². The van der Waals surface area contributed by atoms with E-state index in [1.807, 2.05) is 64.1 Å². The van der Waals surface area contributed by atoms with E-state index < -0.39 is 15.5 Å². The molecule has 0 saturated carbocycles. The molecule has 0 aliphatic heterocycles. The Labute approximate surface area is 327 Å². The Morgan fingerprint density at radius 1 is 0.500 bits per heavy atom. The molecule has 0 unspecified atom stereocenters. The largest absolute Gasteiger partial charge is 0.582 e. The summed E-state index contributed by atoms with van der Waals surface area (Å²) in [5.41, 5.74) is 5.24. The molecule has 0 atom stereocenters. The number of hydrogen-bond acceptors (Lipinski definition) is 6. The molecule has 6 rings (SSSR count). The first-order chi connectivity index (χ1) is 22.9. The fraction of sp³-hybridized carbons (Fsp3) is 0.474. The molecular weight excluding hydrogens is 848 g/mol. The van der Waals surface area contributed by atoms with Crippen LogP contribution in [0.4, 0.5) is 11.4 Å². The van der Waals surface area contributed by atoms with Crippen molar-refractivity contribution in [2.75, 3.05) is 26.4 Å². The molecule has 50 heavy (non-hydrogen) atoms. The monoisotopic (exact) mass is 902 g/mol. The zero-order chi connectivity index (χ0) is 35.2. The van der Waals surface area contributed by atoms with E-state index in [9.17, 15) is 9.13 Å². The second-order valence-electron chi connectivity index (χ2n) is 12.0. The number of rotatable bonds is 12. The Morgan fingerprint density at radius 2 is 0.720 bits per heavy atom. The van der Waals surface area contributed by atoms with Gasteiger partial charge in [0.25, 0.3) is 15.5 Å². The van der Waals surface area contributed by atoms with E-state index >= 15 is 0 Å². The summed E-state index contributed by atoms with van der Waals surface area (Å²) in [6, 6.07) is 11.6. The Kier molecular flexibility index (Phi) is 21.7. The van der Waals surface area contributed by atoms with Crippen LogP contribution in [0.25, 0.3) is 10.2 Å². The standard InChI is InChI=1S/2C12H19NO3P.2C7H8.2Rh/c2*1-5-15-17(14,16-6-2)13-12-10(3)8-7-9-11(12)4;2*1-2-7-4-3-6(1)5-7;;/h2*7-9H,5-6H2,1-4H3;2*1-4,6-7H,5H2;;/q2*-1;;;;. The summed E-state index contributed by atoms with van der Waals surface area (Å²) in [6.45, 7) is 16.0. The van der Waals surface area contributed by atoms with Crippen LogP contribution >= 0.6 is 15.5 Å². The van der Waals surface area contributed by atoms with Crippen LogP contribution in [-0.4, -0.2) is 26.4 Å². The predicted molar refractivity (Wildman–Crippen MR) is 199 cm³/mol. The van der Waals surface area contributed by atoms with Gasteiger partial charge in [-0.2, -0.15) is 0 Å². The molecule has 0 amide bonds. The normalized spacial score (nSPS) is 20.0. The van der Waals surface area contributed by atoms with E-state index in [1.54, 1.807) is 27.7 Å². The first kappa shape index (κ1) is 46.6. The number of allylic oxidation sites excluding steroid dienone is 8. The minimum Gasteiger partial charge on any atom is -0.582 e. The van der Waals surface area contributed by atoms with Crippen molar-refractivity contribution in [3.63, 3.8) is 0 Å². The van der Waals surface area contributed by atoms with Gasteiger partial charge in [0.2, 0.25) is 0 Å². The quantitative estimate of drug-likeness (QED) is 0.119. The second kappa shape index (κ2) is 23.3. The van der Waals surface area contributed by atoms with Crippen molar-refractivity contribution in [3.8, 4) is 0 Å². The summed E-state index contributed by atoms with van der Waals surface area (Å²) in [5, 5.41) is 8.36. The zero-order valence-electron chi connectivity index (χ0n) is 30.5. The first-order valence-electron chi connectivity index (χ1n) is 17.0. The Hall–Kier alpha value is -1.45. The maximum atomic E-state index is 12.3. The van der Waals surface area contributed by atoms with Gasteiger partial charge in [-0.15, -0.1) is 11.4 Å². The summed E-state index contributed by atoms with van der Waals surface area (Å²) in [5.74, 6) is 3.24. The number of hydrogen-bond donors (Lipinski definition) is 0. The van der Waals surface area contributed by atoms with Crippen molar-refractivity contribution < 1.29 is 66.2 Å². The van der Waals surface area contributed by atoms with Crippen LogP contribution < -0.4 is 0 Å². The third kappa shape index (κ3) is 14.9. The Bertz CT molecular complexity index is 1320. The summed E-state index contributed by atoms with van der Waals surface area (Å²) in [6.07, 6.45) is 21.1. The molecular formula is C38H54N2O6P2Rh2-2. The van der Waals surface area contributed by atoms with E-state index in [0.717, 1.165) is 45.9 Å². The van der Waals surface area contributed by atoms with E-state index in [0.29, 0.717) is 37.8 Å². The van der Waals surface area contributed by atoms with Crippen molar-refractivity contribution in [2.24, 2.45) is 23.7 Å². The van der Waals surface area contributed by atoms with Gasteiger partial charge in [-0.05, 0) is 91.9 Å². The van der Waals surface area contributed by atoms with Gasteiger partial charge in [0.1, 0.15) is 0 Å². The van der Waals surface area contributed by atoms with Gasteiger partial charge in [0.15, 0.2) is 0 Å². The van der Waals surface area contributed by atoms with Crippen LogP contribution in [0, 0.1) is 51.4 Å². The maximum absolute atomic E-state index is 12.3. The summed E-state index contributed by atoms with van der Waals surface area (Å²) in [7, 11) is -6.74. The maximum Gasteiger partial charge on any atom is 0.265 e. The van der Waals surface area contributed by atoms with Gasteiger partial charge < -0.3 is 28.3 Å². The number of benzene rings is 2. The van der Waals surface area contributed by atoms with Crippen LogP contribution in [0.15, 0.2) is 85.0 Å². The van der Waals surface area contributed by atoms with Crippen molar-refractivity contribution in [1.29, 1.82) is 0 Å². The minimum atomic E-state index is -3.37. The van der Waals surface area contributed by atoms with Crippen LogP contribution in [0.1, 0.15) is 62.8 Å². The van der Waals surface area contributed by atoms with Gasteiger partial charge in [-0.1, -0.05) is 107 Å².